The fourth-order valence-corrected chi connectivity index (χ4v) is 2.16. The third kappa shape index (κ3) is 3.87. The van der Waals surface area contributed by atoms with Gasteiger partial charge < -0.3 is 10.6 Å². The van der Waals surface area contributed by atoms with Crippen LogP contribution in [0.4, 0.5) is 0 Å². The predicted molar refractivity (Wildman–Crippen MR) is 76.8 cm³/mol. The van der Waals surface area contributed by atoms with E-state index in [4.69, 9.17) is 11.6 Å². The molecular formula is C13H18Cl2N2O. The summed E-state index contributed by atoms with van der Waals surface area (Å²) in [5.74, 6) is -0.0411. The summed E-state index contributed by atoms with van der Waals surface area (Å²) in [6.07, 6.45) is 2.15. The molecule has 2 N–H and O–H groups in total. The van der Waals surface area contributed by atoms with Crippen molar-refractivity contribution in [3.8, 4) is 0 Å². The third-order valence-corrected chi connectivity index (χ3v) is 3.47. The van der Waals surface area contributed by atoms with Crippen molar-refractivity contribution in [2.75, 3.05) is 13.1 Å². The van der Waals surface area contributed by atoms with Crippen LogP contribution in [0.15, 0.2) is 18.2 Å². The Morgan fingerprint density at radius 1 is 1.50 bits per heavy atom. The molecule has 1 amide bonds. The molecule has 1 aromatic rings. The highest BCUT2D eigenvalue weighted by Crippen LogP contribution is 2.16. The van der Waals surface area contributed by atoms with Gasteiger partial charge in [0.2, 0.25) is 0 Å². The van der Waals surface area contributed by atoms with Gasteiger partial charge in [-0.25, -0.2) is 0 Å². The first-order valence-corrected chi connectivity index (χ1v) is 6.32. The van der Waals surface area contributed by atoms with E-state index in [9.17, 15) is 4.79 Å². The van der Waals surface area contributed by atoms with E-state index in [0.29, 0.717) is 10.6 Å². The van der Waals surface area contributed by atoms with E-state index in [1.807, 2.05) is 19.1 Å². The second kappa shape index (κ2) is 6.98. The van der Waals surface area contributed by atoms with Crippen LogP contribution in [0.5, 0.6) is 0 Å². The van der Waals surface area contributed by atoms with E-state index in [0.717, 1.165) is 31.5 Å². The quantitative estimate of drug-likeness (QED) is 0.878. The molecule has 0 bridgehead atoms. The second-order valence-corrected chi connectivity index (χ2v) is 4.89. The molecule has 3 nitrogen and oxygen atoms in total. The third-order valence-electron chi connectivity index (χ3n) is 3.07. The number of piperidine rings is 1. The molecule has 0 aliphatic carbocycles. The monoisotopic (exact) mass is 288 g/mol. The summed E-state index contributed by atoms with van der Waals surface area (Å²) in [6, 6.07) is 5.64. The lowest BCUT2D eigenvalue weighted by Crippen LogP contribution is -2.45. The number of halogens is 2. The fraction of sp³-hybridized carbons (Fsp3) is 0.462. The van der Waals surface area contributed by atoms with Gasteiger partial charge in [0.15, 0.2) is 0 Å². The Hall–Kier alpha value is -0.770. The lowest BCUT2D eigenvalue weighted by molar-refractivity contribution is 0.0930. The summed E-state index contributed by atoms with van der Waals surface area (Å²) in [4.78, 5) is 12.0. The van der Waals surface area contributed by atoms with Crippen molar-refractivity contribution in [1.29, 1.82) is 0 Å². The smallest absolute Gasteiger partial charge is 0.251 e. The molecule has 0 spiro atoms. The highest BCUT2D eigenvalue weighted by atomic mass is 35.5. The van der Waals surface area contributed by atoms with Gasteiger partial charge in [0.25, 0.3) is 5.91 Å². The SMILES string of the molecule is Cc1ccc(C(=O)N[C@H]2CCCNC2)cc1Cl.Cl. The standard InChI is InChI=1S/C13H17ClN2O.ClH/c1-9-4-5-10(7-12(9)14)13(17)16-11-3-2-6-15-8-11;/h4-5,7,11,15H,2-3,6,8H2,1H3,(H,16,17);1H/t11-;/m0./s1. The van der Waals surface area contributed by atoms with Crippen molar-refractivity contribution in [2.24, 2.45) is 0 Å². The molecule has 100 valence electrons. The number of carbonyl (C=O) groups excluding carboxylic acids is 1. The first-order chi connectivity index (χ1) is 8.16. The van der Waals surface area contributed by atoms with Crippen molar-refractivity contribution in [1.82, 2.24) is 10.6 Å². The number of aryl methyl sites for hydroxylation is 1. The Kier molecular flexibility index (Phi) is 5.93. The summed E-state index contributed by atoms with van der Waals surface area (Å²) < 4.78 is 0. The van der Waals surface area contributed by atoms with Gasteiger partial charge in [-0.05, 0) is 44.0 Å². The minimum atomic E-state index is -0.0411. The maximum absolute atomic E-state index is 12.0. The van der Waals surface area contributed by atoms with Gasteiger partial charge in [0.1, 0.15) is 0 Å². The molecule has 5 heteroatoms. The zero-order valence-corrected chi connectivity index (χ0v) is 11.9. The molecule has 1 saturated heterocycles. The summed E-state index contributed by atoms with van der Waals surface area (Å²) in [6.45, 7) is 3.82. The van der Waals surface area contributed by atoms with Crippen LogP contribution in [0.25, 0.3) is 0 Å². The summed E-state index contributed by atoms with van der Waals surface area (Å²) in [5.41, 5.74) is 1.62. The van der Waals surface area contributed by atoms with E-state index in [1.165, 1.54) is 0 Å². The number of carbonyl (C=O) groups is 1. The minimum Gasteiger partial charge on any atom is -0.348 e. The molecule has 1 heterocycles. The molecule has 18 heavy (non-hydrogen) atoms. The highest BCUT2D eigenvalue weighted by Gasteiger charge is 2.16. The molecule has 1 fully saturated rings. The molecule has 1 aromatic carbocycles. The van der Waals surface area contributed by atoms with Crippen molar-refractivity contribution >= 4 is 29.9 Å². The molecule has 1 atom stereocenters. The highest BCUT2D eigenvalue weighted by molar-refractivity contribution is 6.31. The fourth-order valence-electron chi connectivity index (χ4n) is 1.98. The largest absolute Gasteiger partial charge is 0.348 e. The Labute approximate surface area is 119 Å². The predicted octanol–water partition coefficient (Wildman–Crippen LogP) is 2.55. The molecule has 0 aromatic heterocycles. The van der Waals surface area contributed by atoms with E-state index in [1.54, 1.807) is 6.07 Å². The van der Waals surface area contributed by atoms with Crippen LogP contribution < -0.4 is 10.6 Å². The average molecular weight is 289 g/mol. The van der Waals surface area contributed by atoms with Gasteiger partial charge in [0.05, 0.1) is 0 Å². The van der Waals surface area contributed by atoms with Crippen molar-refractivity contribution in [3.63, 3.8) is 0 Å². The van der Waals surface area contributed by atoms with E-state index in [-0.39, 0.29) is 24.4 Å². The Bertz CT molecular complexity index is 417. The number of amides is 1. The van der Waals surface area contributed by atoms with Gasteiger partial charge in [-0.2, -0.15) is 0 Å². The molecule has 0 saturated carbocycles. The van der Waals surface area contributed by atoms with E-state index in [2.05, 4.69) is 10.6 Å². The Morgan fingerprint density at radius 2 is 2.28 bits per heavy atom. The molecule has 2 rings (SSSR count). The number of rotatable bonds is 2. The first-order valence-electron chi connectivity index (χ1n) is 5.94. The van der Waals surface area contributed by atoms with Crippen LogP contribution in [0.3, 0.4) is 0 Å². The number of nitrogens with one attached hydrogen (secondary N) is 2. The van der Waals surface area contributed by atoms with Gasteiger partial charge in [-0.1, -0.05) is 17.7 Å². The summed E-state index contributed by atoms with van der Waals surface area (Å²) >= 11 is 6.01. The van der Waals surface area contributed by atoms with Gasteiger partial charge >= 0.3 is 0 Å². The zero-order chi connectivity index (χ0) is 12.3. The number of hydrogen-bond donors (Lipinski definition) is 2. The molecule has 0 unspecified atom stereocenters. The number of benzene rings is 1. The van der Waals surface area contributed by atoms with Crippen molar-refractivity contribution in [2.45, 2.75) is 25.8 Å². The topological polar surface area (TPSA) is 41.1 Å². The average Bonchev–Trinajstić information content (AvgIpc) is 2.34. The summed E-state index contributed by atoms with van der Waals surface area (Å²) in [5, 5.41) is 6.93. The lowest BCUT2D eigenvalue weighted by atomic mass is 10.1. The van der Waals surface area contributed by atoms with Crippen molar-refractivity contribution < 1.29 is 4.79 Å². The molecular weight excluding hydrogens is 271 g/mol. The van der Waals surface area contributed by atoms with E-state index < -0.39 is 0 Å². The van der Waals surface area contributed by atoms with Crippen LogP contribution >= 0.6 is 24.0 Å². The van der Waals surface area contributed by atoms with Gasteiger partial charge in [0, 0.05) is 23.2 Å². The molecule has 0 radical (unpaired) electrons. The lowest BCUT2D eigenvalue weighted by Gasteiger charge is -2.23. The maximum Gasteiger partial charge on any atom is 0.251 e. The van der Waals surface area contributed by atoms with Crippen LogP contribution in [-0.4, -0.2) is 25.0 Å². The first kappa shape index (κ1) is 15.3. The van der Waals surface area contributed by atoms with Crippen LogP contribution in [0, 0.1) is 6.92 Å². The normalized spacial score (nSPS) is 18.9. The van der Waals surface area contributed by atoms with E-state index >= 15 is 0 Å². The maximum atomic E-state index is 12.0. The zero-order valence-electron chi connectivity index (χ0n) is 10.3. The van der Waals surface area contributed by atoms with Crippen molar-refractivity contribution in [3.05, 3.63) is 34.3 Å². The Balaban J connectivity index is 0.00000162. The van der Waals surface area contributed by atoms with Crippen LogP contribution in [0.1, 0.15) is 28.8 Å². The minimum absolute atomic E-state index is 0. The van der Waals surface area contributed by atoms with Crippen LogP contribution in [0.2, 0.25) is 5.02 Å². The molecule has 1 aliphatic heterocycles. The number of hydrogen-bond acceptors (Lipinski definition) is 2. The Morgan fingerprint density at radius 3 is 2.89 bits per heavy atom. The summed E-state index contributed by atoms with van der Waals surface area (Å²) in [7, 11) is 0. The second-order valence-electron chi connectivity index (χ2n) is 4.48. The van der Waals surface area contributed by atoms with Gasteiger partial charge in [-0.15, -0.1) is 12.4 Å². The molecule has 1 aliphatic rings. The van der Waals surface area contributed by atoms with Crippen LogP contribution in [-0.2, 0) is 0 Å². The van der Waals surface area contributed by atoms with Gasteiger partial charge in [-0.3, -0.25) is 4.79 Å².